The zero-order valence-corrected chi connectivity index (χ0v) is 16.5. The summed E-state index contributed by atoms with van der Waals surface area (Å²) in [5.41, 5.74) is 2.21. The summed E-state index contributed by atoms with van der Waals surface area (Å²) in [6, 6.07) is 16.2. The van der Waals surface area contributed by atoms with E-state index >= 15 is 0 Å². The normalized spacial score (nSPS) is 16.9. The molecule has 1 amide bonds. The Morgan fingerprint density at radius 1 is 1.23 bits per heavy atom. The van der Waals surface area contributed by atoms with Gasteiger partial charge in [-0.1, -0.05) is 31.2 Å². The number of likely N-dealkylation sites (N-methyl/N-ethyl adjacent to an activating group) is 1. The number of nitrogens with zero attached hydrogens (tertiary/aromatic N) is 2. The highest BCUT2D eigenvalue weighted by Gasteiger charge is 2.24. The van der Waals surface area contributed by atoms with Crippen molar-refractivity contribution in [2.75, 3.05) is 32.1 Å². The van der Waals surface area contributed by atoms with Crippen LogP contribution in [0.25, 0.3) is 0 Å². The number of rotatable bonds is 5. The van der Waals surface area contributed by atoms with Crippen molar-refractivity contribution in [2.45, 2.75) is 30.0 Å². The predicted molar refractivity (Wildman–Crippen MR) is 108 cm³/mol. The van der Waals surface area contributed by atoms with Crippen molar-refractivity contribution in [2.24, 2.45) is 0 Å². The standard InChI is InChI=1S/C21H26N2O2S/c1-16-12-13-23(19-6-4-5-7-20(19)26-16)21(24)15-22(2)14-17-8-10-18(25-3)11-9-17/h4-11,16H,12-15H2,1-3H3/t16-/m1/s1. The maximum Gasteiger partial charge on any atom is 0.241 e. The monoisotopic (exact) mass is 370 g/mol. The molecule has 0 saturated carbocycles. The number of para-hydroxylation sites is 1. The van der Waals surface area contributed by atoms with Crippen LogP contribution in [0.4, 0.5) is 5.69 Å². The van der Waals surface area contributed by atoms with Crippen LogP contribution in [-0.4, -0.2) is 43.3 Å². The van der Waals surface area contributed by atoms with E-state index in [1.54, 1.807) is 7.11 Å². The highest BCUT2D eigenvalue weighted by Crippen LogP contribution is 2.37. The van der Waals surface area contributed by atoms with Crippen molar-refractivity contribution in [3.63, 3.8) is 0 Å². The molecule has 2 aromatic carbocycles. The third-order valence-corrected chi connectivity index (χ3v) is 5.80. The molecule has 0 N–H and O–H groups in total. The van der Waals surface area contributed by atoms with E-state index in [1.807, 2.05) is 60.1 Å². The van der Waals surface area contributed by atoms with Crippen molar-refractivity contribution in [3.05, 3.63) is 54.1 Å². The fraction of sp³-hybridized carbons (Fsp3) is 0.381. The zero-order valence-electron chi connectivity index (χ0n) is 15.6. The van der Waals surface area contributed by atoms with Gasteiger partial charge in [0, 0.05) is 23.2 Å². The zero-order chi connectivity index (χ0) is 18.5. The van der Waals surface area contributed by atoms with Crippen LogP contribution in [0.15, 0.2) is 53.4 Å². The third kappa shape index (κ3) is 4.59. The minimum absolute atomic E-state index is 0.156. The van der Waals surface area contributed by atoms with Gasteiger partial charge < -0.3 is 9.64 Å². The van der Waals surface area contributed by atoms with Gasteiger partial charge in [0.05, 0.1) is 19.3 Å². The molecule has 0 aliphatic carbocycles. The molecule has 26 heavy (non-hydrogen) atoms. The molecule has 4 nitrogen and oxygen atoms in total. The maximum atomic E-state index is 13.0. The van der Waals surface area contributed by atoms with E-state index in [-0.39, 0.29) is 5.91 Å². The first-order valence-electron chi connectivity index (χ1n) is 8.94. The SMILES string of the molecule is COc1ccc(CN(C)CC(=O)N2CC[C@@H](C)Sc3ccccc32)cc1. The molecular weight excluding hydrogens is 344 g/mol. The molecule has 3 rings (SSSR count). The number of methoxy groups -OCH3 is 1. The van der Waals surface area contributed by atoms with Crippen LogP contribution in [0.2, 0.25) is 0 Å². The lowest BCUT2D eigenvalue weighted by atomic mass is 10.2. The summed E-state index contributed by atoms with van der Waals surface area (Å²) in [4.78, 5) is 18.2. The number of anilines is 1. The number of carbonyl (C=O) groups is 1. The van der Waals surface area contributed by atoms with E-state index in [4.69, 9.17) is 4.74 Å². The number of ether oxygens (including phenoxy) is 1. The van der Waals surface area contributed by atoms with E-state index in [9.17, 15) is 4.79 Å². The number of amides is 1. The van der Waals surface area contributed by atoms with Gasteiger partial charge >= 0.3 is 0 Å². The Kier molecular flexibility index (Phi) is 6.22. The first kappa shape index (κ1) is 18.8. The predicted octanol–water partition coefficient (Wildman–Crippen LogP) is 4.04. The van der Waals surface area contributed by atoms with Gasteiger partial charge in [-0.2, -0.15) is 0 Å². The summed E-state index contributed by atoms with van der Waals surface area (Å²) in [7, 11) is 3.65. The van der Waals surface area contributed by atoms with Gasteiger partial charge in [0.1, 0.15) is 5.75 Å². The topological polar surface area (TPSA) is 32.8 Å². The molecule has 0 fully saturated rings. The van der Waals surface area contributed by atoms with Gasteiger partial charge in [0.15, 0.2) is 0 Å². The molecular formula is C21H26N2O2S. The Morgan fingerprint density at radius 3 is 2.69 bits per heavy atom. The summed E-state index contributed by atoms with van der Waals surface area (Å²) in [6.07, 6.45) is 1.01. The largest absolute Gasteiger partial charge is 0.497 e. The smallest absolute Gasteiger partial charge is 0.241 e. The summed E-state index contributed by atoms with van der Waals surface area (Å²) in [6.45, 7) is 4.14. The molecule has 0 radical (unpaired) electrons. The third-order valence-electron chi connectivity index (χ3n) is 4.56. The minimum atomic E-state index is 0.156. The molecule has 0 bridgehead atoms. The molecule has 0 aromatic heterocycles. The van der Waals surface area contributed by atoms with Crippen LogP contribution in [0.1, 0.15) is 18.9 Å². The minimum Gasteiger partial charge on any atom is -0.497 e. The van der Waals surface area contributed by atoms with Gasteiger partial charge in [0.25, 0.3) is 0 Å². The molecule has 1 aliphatic heterocycles. The van der Waals surface area contributed by atoms with Crippen LogP contribution in [0.3, 0.4) is 0 Å². The molecule has 2 aromatic rings. The lowest BCUT2D eigenvalue weighted by Gasteiger charge is -2.25. The van der Waals surface area contributed by atoms with Crippen molar-refractivity contribution >= 4 is 23.4 Å². The number of fused-ring (bicyclic) bond motifs is 1. The molecule has 0 saturated heterocycles. The van der Waals surface area contributed by atoms with Crippen molar-refractivity contribution in [3.8, 4) is 5.75 Å². The fourth-order valence-corrected chi connectivity index (χ4v) is 4.27. The summed E-state index contributed by atoms with van der Waals surface area (Å²) in [5, 5.41) is 0.519. The summed E-state index contributed by atoms with van der Waals surface area (Å²) < 4.78 is 5.20. The highest BCUT2D eigenvalue weighted by atomic mass is 32.2. The van der Waals surface area contributed by atoms with Crippen LogP contribution < -0.4 is 9.64 Å². The second-order valence-electron chi connectivity index (χ2n) is 6.75. The molecule has 1 heterocycles. The Hall–Kier alpha value is -1.98. The van der Waals surface area contributed by atoms with Gasteiger partial charge in [-0.05, 0) is 43.3 Å². The van der Waals surface area contributed by atoms with Crippen LogP contribution in [0, 0.1) is 0 Å². The number of thioether (sulfide) groups is 1. The molecule has 1 aliphatic rings. The average molecular weight is 371 g/mol. The number of hydrogen-bond acceptors (Lipinski definition) is 4. The Morgan fingerprint density at radius 2 is 1.96 bits per heavy atom. The molecule has 0 spiro atoms. The summed E-state index contributed by atoms with van der Waals surface area (Å²) >= 11 is 1.86. The first-order valence-corrected chi connectivity index (χ1v) is 9.82. The van der Waals surface area contributed by atoms with E-state index in [0.29, 0.717) is 11.8 Å². The summed E-state index contributed by atoms with van der Waals surface area (Å²) in [5.74, 6) is 1.00. The van der Waals surface area contributed by atoms with Crippen LogP contribution >= 0.6 is 11.8 Å². The molecule has 138 valence electrons. The highest BCUT2D eigenvalue weighted by molar-refractivity contribution is 8.00. The first-order chi connectivity index (χ1) is 12.6. The number of benzene rings is 2. The lowest BCUT2D eigenvalue weighted by Crippen LogP contribution is -2.39. The average Bonchev–Trinajstić information content (AvgIpc) is 2.80. The Balaban J connectivity index is 1.66. The Labute approximate surface area is 160 Å². The number of hydrogen-bond donors (Lipinski definition) is 0. The van der Waals surface area contributed by atoms with E-state index in [0.717, 1.165) is 30.9 Å². The maximum absolute atomic E-state index is 13.0. The quantitative estimate of drug-likeness (QED) is 0.795. The fourth-order valence-electron chi connectivity index (χ4n) is 3.16. The van der Waals surface area contributed by atoms with Crippen molar-refractivity contribution < 1.29 is 9.53 Å². The van der Waals surface area contributed by atoms with Crippen LogP contribution in [0.5, 0.6) is 5.75 Å². The van der Waals surface area contributed by atoms with Gasteiger partial charge in [-0.25, -0.2) is 0 Å². The van der Waals surface area contributed by atoms with Crippen LogP contribution in [-0.2, 0) is 11.3 Å². The number of carbonyl (C=O) groups excluding carboxylic acids is 1. The van der Waals surface area contributed by atoms with E-state index < -0.39 is 0 Å². The van der Waals surface area contributed by atoms with E-state index in [1.165, 1.54) is 10.5 Å². The second-order valence-corrected chi connectivity index (χ2v) is 8.23. The lowest BCUT2D eigenvalue weighted by molar-refractivity contribution is -0.119. The van der Waals surface area contributed by atoms with Gasteiger partial charge in [-0.15, -0.1) is 11.8 Å². The van der Waals surface area contributed by atoms with Gasteiger partial charge in [-0.3, -0.25) is 9.69 Å². The molecule has 0 unspecified atom stereocenters. The van der Waals surface area contributed by atoms with E-state index in [2.05, 4.69) is 24.0 Å². The van der Waals surface area contributed by atoms with Crippen molar-refractivity contribution in [1.29, 1.82) is 0 Å². The second kappa shape index (κ2) is 8.60. The van der Waals surface area contributed by atoms with Gasteiger partial charge in [0.2, 0.25) is 5.91 Å². The molecule has 1 atom stereocenters. The Bertz CT molecular complexity index is 748. The van der Waals surface area contributed by atoms with Crippen molar-refractivity contribution in [1.82, 2.24) is 4.90 Å². The molecule has 5 heteroatoms.